The minimum Gasteiger partial charge on any atom is -0.497 e. The Hall–Kier alpha value is -3.16. The van der Waals surface area contributed by atoms with Gasteiger partial charge in [-0.2, -0.15) is 13.4 Å². The number of hydrazone groups is 1. The number of hydrazine groups is 1. The molecular weight excluding hydrogens is 470 g/mol. The second-order valence-electron chi connectivity index (χ2n) is 9.62. The number of nitrogens with zero attached hydrogens (tertiary/aromatic N) is 3. The van der Waals surface area contributed by atoms with Gasteiger partial charge in [0.05, 0.1) is 23.8 Å². The van der Waals surface area contributed by atoms with Crippen LogP contribution in [0.4, 0.5) is 0 Å². The smallest absolute Gasteiger partial charge is 0.293 e. The van der Waals surface area contributed by atoms with E-state index in [9.17, 15) is 8.42 Å². The quantitative estimate of drug-likeness (QED) is 0.408. The fourth-order valence-electron chi connectivity index (χ4n) is 5.22. The zero-order chi connectivity index (χ0) is 25.1. The summed E-state index contributed by atoms with van der Waals surface area (Å²) in [5.74, 6) is 0.753. The Kier molecular flexibility index (Phi) is 7.12. The summed E-state index contributed by atoms with van der Waals surface area (Å²) in [4.78, 5) is 0.250. The van der Waals surface area contributed by atoms with Crippen LogP contribution in [0.15, 0.2) is 88.9 Å². The highest BCUT2D eigenvalue weighted by Gasteiger charge is 2.43. The first-order valence-corrected chi connectivity index (χ1v) is 14.1. The van der Waals surface area contributed by atoms with Gasteiger partial charge >= 0.3 is 0 Å². The molecule has 1 unspecified atom stereocenters. The maximum absolute atomic E-state index is 14.2. The lowest BCUT2D eigenvalue weighted by molar-refractivity contribution is -0.0492. The average Bonchev–Trinajstić information content (AvgIpc) is 2.93. The molecule has 3 aromatic carbocycles. The minimum atomic E-state index is -3.92. The number of hydrogen-bond donors (Lipinski definition) is 0. The van der Waals surface area contributed by atoms with Crippen LogP contribution < -0.4 is 4.74 Å². The molecule has 1 aliphatic heterocycles. The molecule has 0 bridgehead atoms. The monoisotopic (exact) mass is 503 g/mol. The zero-order valence-corrected chi connectivity index (χ0v) is 21.7. The third-order valence-electron chi connectivity index (χ3n) is 7.20. The van der Waals surface area contributed by atoms with Gasteiger partial charge in [-0.05, 0) is 67.3 Å². The van der Waals surface area contributed by atoms with Crippen molar-refractivity contribution in [3.05, 3.63) is 95.6 Å². The van der Waals surface area contributed by atoms with Crippen LogP contribution in [0, 0.1) is 6.92 Å². The van der Waals surface area contributed by atoms with Gasteiger partial charge in [0.2, 0.25) is 0 Å². The van der Waals surface area contributed by atoms with Crippen molar-refractivity contribution < 1.29 is 13.2 Å². The van der Waals surface area contributed by atoms with Crippen molar-refractivity contribution >= 4 is 15.7 Å². The largest absolute Gasteiger partial charge is 0.497 e. The molecule has 188 valence electrons. The average molecular weight is 504 g/mol. The van der Waals surface area contributed by atoms with Gasteiger partial charge in [0.25, 0.3) is 10.0 Å². The van der Waals surface area contributed by atoms with E-state index >= 15 is 0 Å². The SMILES string of the molecule is COc1ccc(C2=NN(S(=O)(=O)c3ccc(C)cc3)N(C3CCCCC3)C(c3ccccc3)C2)cc1. The molecule has 5 rings (SSSR count). The summed E-state index contributed by atoms with van der Waals surface area (Å²) < 4.78 is 35.0. The summed E-state index contributed by atoms with van der Waals surface area (Å²) in [5, 5.41) is 6.91. The van der Waals surface area contributed by atoms with E-state index in [0.29, 0.717) is 6.42 Å². The number of rotatable bonds is 6. The lowest BCUT2D eigenvalue weighted by Crippen LogP contribution is -2.54. The van der Waals surface area contributed by atoms with Crippen LogP contribution in [0.1, 0.15) is 61.3 Å². The lowest BCUT2D eigenvalue weighted by atomic mass is 9.90. The molecule has 0 radical (unpaired) electrons. The molecule has 1 saturated carbocycles. The van der Waals surface area contributed by atoms with Gasteiger partial charge in [-0.25, -0.2) is 0 Å². The van der Waals surface area contributed by atoms with Crippen molar-refractivity contribution in [2.24, 2.45) is 5.10 Å². The lowest BCUT2D eigenvalue weighted by Gasteiger charge is -2.46. The van der Waals surface area contributed by atoms with Crippen LogP contribution in [-0.4, -0.2) is 36.8 Å². The second kappa shape index (κ2) is 10.4. The molecule has 0 saturated heterocycles. The number of hydrogen-bond acceptors (Lipinski definition) is 5. The van der Waals surface area contributed by atoms with Gasteiger partial charge in [0, 0.05) is 12.5 Å². The topological polar surface area (TPSA) is 62.2 Å². The maximum atomic E-state index is 14.2. The van der Waals surface area contributed by atoms with Gasteiger partial charge < -0.3 is 4.74 Å². The summed E-state index contributed by atoms with van der Waals surface area (Å²) in [7, 11) is -2.29. The Morgan fingerprint density at radius 3 is 2.17 bits per heavy atom. The van der Waals surface area contributed by atoms with E-state index in [1.54, 1.807) is 19.2 Å². The molecule has 0 spiro atoms. The fourth-order valence-corrected chi connectivity index (χ4v) is 6.59. The number of methoxy groups -OCH3 is 1. The van der Waals surface area contributed by atoms with Gasteiger partial charge in [-0.3, -0.25) is 0 Å². The van der Waals surface area contributed by atoms with Gasteiger partial charge in [0.1, 0.15) is 5.75 Å². The van der Waals surface area contributed by atoms with E-state index in [-0.39, 0.29) is 17.0 Å². The molecule has 0 aromatic heterocycles. The Morgan fingerprint density at radius 2 is 1.53 bits per heavy atom. The van der Waals surface area contributed by atoms with Crippen LogP contribution in [0.25, 0.3) is 0 Å². The number of aryl methyl sites for hydroxylation is 1. The number of benzene rings is 3. The van der Waals surface area contributed by atoms with Crippen LogP contribution in [0.3, 0.4) is 0 Å². The summed E-state index contributed by atoms with van der Waals surface area (Å²) in [6, 6.07) is 24.9. The summed E-state index contributed by atoms with van der Waals surface area (Å²) in [6.45, 7) is 1.96. The highest BCUT2D eigenvalue weighted by Crippen LogP contribution is 2.40. The molecule has 1 atom stereocenters. The molecule has 0 N–H and O–H groups in total. The highest BCUT2D eigenvalue weighted by atomic mass is 32.2. The molecule has 1 fully saturated rings. The van der Waals surface area contributed by atoms with E-state index in [1.807, 2.05) is 61.5 Å². The van der Waals surface area contributed by atoms with Crippen molar-refractivity contribution in [2.45, 2.75) is 62.4 Å². The molecule has 2 aliphatic rings. The van der Waals surface area contributed by atoms with E-state index in [2.05, 4.69) is 17.1 Å². The van der Waals surface area contributed by atoms with E-state index < -0.39 is 10.0 Å². The molecular formula is C29H33N3O3S. The molecule has 3 aromatic rings. The second-order valence-corrected chi connectivity index (χ2v) is 11.4. The highest BCUT2D eigenvalue weighted by molar-refractivity contribution is 7.89. The van der Waals surface area contributed by atoms with Crippen molar-refractivity contribution in [1.29, 1.82) is 0 Å². The predicted octanol–water partition coefficient (Wildman–Crippen LogP) is 6.09. The normalized spacial score (nSPS) is 19.7. The van der Waals surface area contributed by atoms with Gasteiger partial charge in [-0.1, -0.05) is 67.3 Å². The fraction of sp³-hybridized carbons (Fsp3) is 0.345. The van der Waals surface area contributed by atoms with Gasteiger partial charge in [0.15, 0.2) is 0 Å². The molecule has 36 heavy (non-hydrogen) atoms. The van der Waals surface area contributed by atoms with E-state index in [1.165, 1.54) is 10.9 Å². The molecule has 1 heterocycles. The van der Waals surface area contributed by atoms with Crippen LogP contribution >= 0.6 is 0 Å². The number of sulfonamides is 1. The first-order valence-electron chi connectivity index (χ1n) is 12.6. The summed E-state index contributed by atoms with van der Waals surface area (Å²) >= 11 is 0. The van der Waals surface area contributed by atoms with Crippen LogP contribution in [-0.2, 0) is 10.0 Å². The molecule has 6 nitrogen and oxygen atoms in total. The minimum absolute atomic E-state index is 0.102. The van der Waals surface area contributed by atoms with E-state index in [4.69, 9.17) is 9.84 Å². The number of ether oxygens (including phenoxy) is 1. The molecule has 7 heteroatoms. The first-order chi connectivity index (χ1) is 17.5. The van der Waals surface area contributed by atoms with Crippen LogP contribution in [0.5, 0.6) is 5.75 Å². The Labute approximate surface area is 214 Å². The third kappa shape index (κ3) is 4.90. The summed E-state index contributed by atoms with van der Waals surface area (Å²) in [5.41, 5.74) is 3.74. The molecule has 0 amide bonds. The Balaban J connectivity index is 1.67. The Morgan fingerprint density at radius 1 is 0.861 bits per heavy atom. The van der Waals surface area contributed by atoms with Crippen LogP contribution in [0.2, 0.25) is 0 Å². The van der Waals surface area contributed by atoms with Crippen molar-refractivity contribution in [3.63, 3.8) is 0 Å². The Bertz CT molecular complexity index is 1300. The first kappa shape index (κ1) is 24.5. The van der Waals surface area contributed by atoms with Crippen molar-refractivity contribution in [1.82, 2.24) is 9.53 Å². The maximum Gasteiger partial charge on any atom is 0.293 e. The standard InChI is InChI=1S/C29H33N3O3S/c1-22-13-19-27(20-14-22)36(33,34)32-30-28(23-15-17-26(35-2)18-16-23)21-29(24-9-5-3-6-10-24)31(32)25-11-7-4-8-12-25/h3,5-6,9-10,13-20,25,29H,4,7-8,11-12,21H2,1-2H3. The third-order valence-corrected chi connectivity index (χ3v) is 8.77. The van der Waals surface area contributed by atoms with Gasteiger partial charge in [-0.15, -0.1) is 9.62 Å². The van der Waals surface area contributed by atoms with Crippen molar-refractivity contribution in [2.75, 3.05) is 7.11 Å². The van der Waals surface area contributed by atoms with Crippen molar-refractivity contribution in [3.8, 4) is 5.75 Å². The zero-order valence-electron chi connectivity index (χ0n) is 20.9. The summed E-state index contributed by atoms with van der Waals surface area (Å²) in [6.07, 6.45) is 5.90. The van der Waals surface area contributed by atoms with E-state index in [0.717, 1.165) is 53.8 Å². The predicted molar refractivity (Wildman–Crippen MR) is 142 cm³/mol. The molecule has 1 aliphatic carbocycles.